The fourth-order valence-electron chi connectivity index (χ4n) is 2.81. The first-order valence-corrected chi connectivity index (χ1v) is 9.20. The summed E-state index contributed by atoms with van der Waals surface area (Å²) in [5.41, 5.74) is 3.07. The molecule has 7 heteroatoms. The van der Waals surface area contributed by atoms with Crippen LogP contribution >= 0.6 is 0 Å². The molecule has 144 valence electrons. The number of pyridine rings is 1. The average Bonchev–Trinajstić information content (AvgIpc) is 2.73. The number of aromatic amines is 1. The number of aromatic nitrogens is 3. The van der Waals surface area contributed by atoms with E-state index in [0.717, 1.165) is 29.1 Å². The molecular formula is C21H23N5O2. The minimum Gasteiger partial charge on any atom is -0.370 e. The Kier molecular flexibility index (Phi) is 6.16. The number of rotatable bonds is 7. The van der Waals surface area contributed by atoms with Crippen molar-refractivity contribution in [3.8, 4) is 11.4 Å². The second kappa shape index (κ2) is 8.94. The molecule has 2 aromatic heterocycles. The van der Waals surface area contributed by atoms with Gasteiger partial charge in [0.1, 0.15) is 11.6 Å². The van der Waals surface area contributed by atoms with Crippen LogP contribution in [-0.2, 0) is 12.8 Å². The number of nitrogens with zero attached hydrogens (tertiary/aromatic N) is 2. The first-order chi connectivity index (χ1) is 13.6. The van der Waals surface area contributed by atoms with Crippen molar-refractivity contribution in [2.24, 2.45) is 0 Å². The molecule has 0 saturated carbocycles. The summed E-state index contributed by atoms with van der Waals surface area (Å²) in [6.45, 7) is 2.64. The Balaban J connectivity index is 1.62. The van der Waals surface area contributed by atoms with Crippen molar-refractivity contribution in [1.82, 2.24) is 20.3 Å². The van der Waals surface area contributed by atoms with E-state index < -0.39 is 0 Å². The Bertz CT molecular complexity index is 1010. The number of carbonyl (C=O) groups excluding carboxylic acids is 1. The topological polar surface area (TPSA) is 99.8 Å². The SMILES string of the molecule is CCc1cc(=O)[nH]c(-c2ccc(NCCc3cccc(C(=O)NC)c3)nc2)n1. The van der Waals surface area contributed by atoms with E-state index in [1.807, 2.05) is 37.3 Å². The first-order valence-electron chi connectivity index (χ1n) is 9.20. The highest BCUT2D eigenvalue weighted by molar-refractivity contribution is 5.94. The van der Waals surface area contributed by atoms with Crippen LogP contribution in [0.25, 0.3) is 11.4 Å². The monoisotopic (exact) mass is 377 g/mol. The fourth-order valence-corrected chi connectivity index (χ4v) is 2.81. The molecule has 0 fully saturated rings. The largest absolute Gasteiger partial charge is 0.370 e. The van der Waals surface area contributed by atoms with Gasteiger partial charge in [0.2, 0.25) is 0 Å². The summed E-state index contributed by atoms with van der Waals surface area (Å²) in [5, 5.41) is 5.89. The molecule has 3 aromatic rings. The van der Waals surface area contributed by atoms with Crippen molar-refractivity contribution in [2.75, 3.05) is 18.9 Å². The van der Waals surface area contributed by atoms with Crippen LogP contribution in [0.3, 0.4) is 0 Å². The number of hydrogen-bond donors (Lipinski definition) is 3. The molecule has 3 N–H and O–H groups in total. The van der Waals surface area contributed by atoms with Gasteiger partial charge in [-0.15, -0.1) is 0 Å². The van der Waals surface area contributed by atoms with Crippen molar-refractivity contribution in [3.63, 3.8) is 0 Å². The summed E-state index contributed by atoms with van der Waals surface area (Å²) in [7, 11) is 1.62. The molecule has 0 unspecified atom stereocenters. The van der Waals surface area contributed by atoms with Gasteiger partial charge in [0.05, 0.1) is 0 Å². The molecule has 0 bridgehead atoms. The highest BCUT2D eigenvalue weighted by atomic mass is 16.1. The van der Waals surface area contributed by atoms with Gasteiger partial charge in [0, 0.05) is 42.7 Å². The Morgan fingerprint density at radius 1 is 1.18 bits per heavy atom. The van der Waals surface area contributed by atoms with Gasteiger partial charge in [-0.25, -0.2) is 9.97 Å². The Hall–Kier alpha value is -3.48. The Morgan fingerprint density at radius 2 is 2.04 bits per heavy atom. The number of nitrogens with one attached hydrogen (secondary N) is 3. The predicted molar refractivity (Wildman–Crippen MR) is 109 cm³/mol. The summed E-state index contributed by atoms with van der Waals surface area (Å²) in [5.74, 6) is 1.17. The number of anilines is 1. The number of hydrogen-bond acceptors (Lipinski definition) is 5. The van der Waals surface area contributed by atoms with E-state index in [1.54, 1.807) is 19.3 Å². The Morgan fingerprint density at radius 3 is 2.75 bits per heavy atom. The van der Waals surface area contributed by atoms with Crippen LogP contribution in [0.1, 0.15) is 28.5 Å². The van der Waals surface area contributed by atoms with Gasteiger partial charge in [-0.1, -0.05) is 19.1 Å². The summed E-state index contributed by atoms with van der Waals surface area (Å²) in [6.07, 6.45) is 3.15. The van der Waals surface area contributed by atoms with Gasteiger partial charge in [0.25, 0.3) is 11.5 Å². The van der Waals surface area contributed by atoms with Crippen molar-refractivity contribution < 1.29 is 4.79 Å². The quantitative estimate of drug-likeness (QED) is 0.587. The van der Waals surface area contributed by atoms with Crippen LogP contribution in [0.5, 0.6) is 0 Å². The first kappa shape index (κ1) is 19.3. The molecule has 2 heterocycles. The molecule has 0 aliphatic rings. The van der Waals surface area contributed by atoms with Gasteiger partial charge < -0.3 is 15.6 Å². The van der Waals surface area contributed by atoms with E-state index in [0.29, 0.717) is 24.4 Å². The van der Waals surface area contributed by atoms with Crippen LogP contribution in [-0.4, -0.2) is 34.5 Å². The highest BCUT2D eigenvalue weighted by Gasteiger charge is 2.05. The maximum absolute atomic E-state index is 11.7. The molecule has 7 nitrogen and oxygen atoms in total. The maximum Gasteiger partial charge on any atom is 0.251 e. The number of carbonyl (C=O) groups is 1. The second-order valence-corrected chi connectivity index (χ2v) is 6.33. The lowest BCUT2D eigenvalue weighted by atomic mass is 10.1. The molecule has 0 radical (unpaired) electrons. The van der Waals surface area contributed by atoms with Crippen LogP contribution in [0, 0.1) is 0 Å². The lowest BCUT2D eigenvalue weighted by Crippen LogP contribution is -2.18. The van der Waals surface area contributed by atoms with E-state index in [2.05, 4.69) is 25.6 Å². The molecule has 0 atom stereocenters. The molecule has 28 heavy (non-hydrogen) atoms. The van der Waals surface area contributed by atoms with E-state index in [-0.39, 0.29) is 11.5 Å². The minimum absolute atomic E-state index is 0.0918. The van der Waals surface area contributed by atoms with Gasteiger partial charge >= 0.3 is 0 Å². The molecule has 3 rings (SSSR count). The number of H-pyrrole nitrogens is 1. The molecule has 1 amide bonds. The van der Waals surface area contributed by atoms with Gasteiger partial charge in [-0.3, -0.25) is 9.59 Å². The van der Waals surface area contributed by atoms with E-state index in [4.69, 9.17) is 0 Å². The molecule has 0 aliphatic carbocycles. The summed E-state index contributed by atoms with van der Waals surface area (Å²) in [6, 6.07) is 12.8. The number of benzene rings is 1. The zero-order valence-corrected chi connectivity index (χ0v) is 16.0. The predicted octanol–water partition coefficient (Wildman–Crippen LogP) is 2.41. The van der Waals surface area contributed by atoms with Gasteiger partial charge in [-0.05, 0) is 42.7 Å². The molecule has 0 aliphatic heterocycles. The van der Waals surface area contributed by atoms with Crippen LogP contribution in [0.2, 0.25) is 0 Å². The summed E-state index contributed by atoms with van der Waals surface area (Å²) in [4.78, 5) is 35.0. The molecular weight excluding hydrogens is 354 g/mol. The molecule has 0 saturated heterocycles. The average molecular weight is 377 g/mol. The van der Waals surface area contributed by atoms with Gasteiger partial charge in [0.15, 0.2) is 0 Å². The zero-order chi connectivity index (χ0) is 19.9. The van der Waals surface area contributed by atoms with Crippen molar-refractivity contribution in [2.45, 2.75) is 19.8 Å². The van der Waals surface area contributed by atoms with E-state index in [9.17, 15) is 9.59 Å². The van der Waals surface area contributed by atoms with Crippen molar-refractivity contribution in [3.05, 3.63) is 75.8 Å². The van der Waals surface area contributed by atoms with Crippen LogP contribution in [0.15, 0.2) is 53.5 Å². The summed E-state index contributed by atoms with van der Waals surface area (Å²) < 4.78 is 0. The highest BCUT2D eigenvalue weighted by Crippen LogP contribution is 2.15. The van der Waals surface area contributed by atoms with Gasteiger partial charge in [-0.2, -0.15) is 0 Å². The van der Waals surface area contributed by atoms with Crippen LogP contribution < -0.4 is 16.2 Å². The molecule has 1 aromatic carbocycles. The maximum atomic E-state index is 11.7. The fraction of sp³-hybridized carbons (Fsp3) is 0.238. The normalized spacial score (nSPS) is 10.5. The van der Waals surface area contributed by atoms with Crippen LogP contribution in [0.4, 0.5) is 5.82 Å². The smallest absolute Gasteiger partial charge is 0.251 e. The standard InChI is InChI=1S/C21H23N5O2/c1-3-17-12-19(27)26-20(25-17)16-7-8-18(24-13-16)23-10-9-14-5-4-6-15(11-14)21(28)22-2/h4-8,11-13H,3,9-10H2,1-2H3,(H,22,28)(H,23,24)(H,25,26,27). The summed E-state index contributed by atoms with van der Waals surface area (Å²) >= 11 is 0. The lowest BCUT2D eigenvalue weighted by Gasteiger charge is -2.08. The van der Waals surface area contributed by atoms with E-state index >= 15 is 0 Å². The van der Waals surface area contributed by atoms with E-state index in [1.165, 1.54) is 6.07 Å². The molecule has 0 spiro atoms. The third kappa shape index (κ3) is 4.82. The third-order valence-corrected chi connectivity index (χ3v) is 4.33. The number of aryl methyl sites for hydroxylation is 1. The second-order valence-electron chi connectivity index (χ2n) is 6.33. The third-order valence-electron chi connectivity index (χ3n) is 4.33. The van der Waals surface area contributed by atoms with Crippen molar-refractivity contribution in [1.29, 1.82) is 0 Å². The Labute approximate surface area is 163 Å². The number of amides is 1. The zero-order valence-electron chi connectivity index (χ0n) is 16.0. The minimum atomic E-state index is -0.164. The van der Waals surface area contributed by atoms with Crippen molar-refractivity contribution >= 4 is 11.7 Å². The lowest BCUT2D eigenvalue weighted by molar-refractivity contribution is 0.0963.